The maximum absolute atomic E-state index is 12.1. The van der Waals surface area contributed by atoms with Crippen LogP contribution in [0.4, 0.5) is 5.69 Å². The average Bonchev–Trinajstić information content (AvgIpc) is 2.55. The standard InChI is InChI=1S/C19H20BrNO3/c1-12-5-7-15(9-13(12)2)21-18(22)8-6-14-10-16(20)19(24-4)17(11-14)23-3/h5-11H,1-4H3,(H,21,22)/b8-6+. The Hall–Kier alpha value is -2.27. The van der Waals surface area contributed by atoms with Gasteiger partial charge >= 0.3 is 0 Å². The second-order valence-electron chi connectivity index (χ2n) is 5.36. The van der Waals surface area contributed by atoms with Gasteiger partial charge in [-0.3, -0.25) is 4.79 Å². The van der Waals surface area contributed by atoms with Crippen molar-refractivity contribution in [3.05, 3.63) is 57.6 Å². The van der Waals surface area contributed by atoms with Gasteiger partial charge in [0.15, 0.2) is 11.5 Å². The highest BCUT2D eigenvalue weighted by Gasteiger charge is 2.09. The molecule has 0 bridgehead atoms. The number of hydrogen-bond donors (Lipinski definition) is 1. The molecule has 0 heterocycles. The van der Waals surface area contributed by atoms with Gasteiger partial charge in [0, 0.05) is 11.8 Å². The van der Waals surface area contributed by atoms with E-state index in [2.05, 4.69) is 21.2 Å². The molecule has 0 saturated heterocycles. The monoisotopic (exact) mass is 389 g/mol. The maximum atomic E-state index is 12.1. The third-order valence-corrected chi connectivity index (χ3v) is 4.25. The Morgan fingerprint density at radius 3 is 2.46 bits per heavy atom. The van der Waals surface area contributed by atoms with Crippen molar-refractivity contribution in [2.45, 2.75) is 13.8 Å². The normalized spacial score (nSPS) is 10.7. The van der Waals surface area contributed by atoms with Crippen LogP contribution < -0.4 is 14.8 Å². The lowest BCUT2D eigenvalue weighted by Crippen LogP contribution is -2.07. The zero-order chi connectivity index (χ0) is 17.7. The summed E-state index contributed by atoms with van der Waals surface area (Å²) in [7, 11) is 3.15. The maximum Gasteiger partial charge on any atom is 0.248 e. The number of carbonyl (C=O) groups excluding carboxylic acids is 1. The second kappa shape index (κ2) is 8.02. The van der Waals surface area contributed by atoms with E-state index in [0.717, 1.165) is 21.3 Å². The van der Waals surface area contributed by atoms with Crippen LogP contribution in [-0.4, -0.2) is 20.1 Å². The SMILES string of the molecule is COc1cc(/C=C/C(=O)Nc2ccc(C)c(C)c2)cc(Br)c1OC. The summed E-state index contributed by atoms with van der Waals surface area (Å²) in [5.41, 5.74) is 3.94. The predicted octanol–water partition coefficient (Wildman–Crippen LogP) is 4.74. The van der Waals surface area contributed by atoms with Crippen LogP contribution in [0.15, 0.2) is 40.9 Å². The smallest absolute Gasteiger partial charge is 0.248 e. The molecule has 0 spiro atoms. The summed E-state index contributed by atoms with van der Waals surface area (Å²) in [4.78, 5) is 12.1. The van der Waals surface area contributed by atoms with Crippen LogP contribution in [0.2, 0.25) is 0 Å². The molecule has 1 N–H and O–H groups in total. The molecule has 5 heteroatoms. The Balaban J connectivity index is 2.13. The van der Waals surface area contributed by atoms with Crippen molar-refractivity contribution in [2.75, 3.05) is 19.5 Å². The number of methoxy groups -OCH3 is 2. The van der Waals surface area contributed by atoms with Crippen LogP contribution in [0.3, 0.4) is 0 Å². The largest absolute Gasteiger partial charge is 0.493 e. The average molecular weight is 390 g/mol. The van der Waals surface area contributed by atoms with E-state index in [1.165, 1.54) is 11.6 Å². The number of halogens is 1. The van der Waals surface area contributed by atoms with Gasteiger partial charge in [-0.05, 0) is 76.8 Å². The van der Waals surface area contributed by atoms with Crippen LogP contribution in [0.5, 0.6) is 11.5 Å². The molecule has 0 aliphatic heterocycles. The molecule has 0 aliphatic rings. The van der Waals surface area contributed by atoms with Gasteiger partial charge in [0.05, 0.1) is 18.7 Å². The van der Waals surface area contributed by atoms with Gasteiger partial charge in [-0.1, -0.05) is 6.07 Å². The molecule has 2 aromatic carbocycles. The molecule has 2 rings (SSSR count). The van der Waals surface area contributed by atoms with Crippen molar-refractivity contribution in [1.29, 1.82) is 0 Å². The molecule has 0 saturated carbocycles. The molecule has 0 fully saturated rings. The highest BCUT2D eigenvalue weighted by Crippen LogP contribution is 2.36. The van der Waals surface area contributed by atoms with Crippen LogP contribution in [0.1, 0.15) is 16.7 Å². The Kier molecular flexibility index (Phi) is 6.04. The van der Waals surface area contributed by atoms with Gasteiger partial charge in [0.25, 0.3) is 0 Å². The van der Waals surface area contributed by atoms with Gasteiger partial charge in [-0.2, -0.15) is 0 Å². The van der Waals surface area contributed by atoms with Crippen LogP contribution in [0, 0.1) is 13.8 Å². The number of rotatable bonds is 5. The molecule has 1 amide bonds. The van der Waals surface area contributed by atoms with Crippen molar-refractivity contribution in [1.82, 2.24) is 0 Å². The number of aryl methyl sites for hydroxylation is 2. The van der Waals surface area contributed by atoms with Gasteiger partial charge in [-0.25, -0.2) is 0 Å². The summed E-state index contributed by atoms with van der Waals surface area (Å²) in [6.07, 6.45) is 3.21. The Bertz CT molecular complexity index is 784. The van der Waals surface area contributed by atoms with E-state index >= 15 is 0 Å². The highest BCUT2D eigenvalue weighted by molar-refractivity contribution is 9.10. The van der Waals surface area contributed by atoms with Crippen LogP contribution in [-0.2, 0) is 4.79 Å². The fourth-order valence-electron chi connectivity index (χ4n) is 2.21. The summed E-state index contributed by atoms with van der Waals surface area (Å²) in [5.74, 6) is 1.03. The van der Waals surface area contributed by atoms with Crippen molar-refractivity contribution in [3.8, 4) is 11.5 Å². The first-order valence-electron chi connectivity index (χ1n) is 7.42. The van der Waals surface area contributed by atoms with Gasteiger partial charge in [0.2, 0.25) is 5.91 Å². The lowest BCUT2D eigenvalue weighted by Gasteiger charge is -2.10. The van der Waals surface area contributed by atoms with E-state index < -0.39 is 0 Å². The van der Waals surface area contributed by atoms with E-state index in [1.54, 1.807) is 20.3 Å². The first-order valence-corrected chi connectivity index (χ1v) is 8.21. The van der Waals surface area contributed by atoms with Crippen molar-refractivity contribution >= 4 is 33.6 Å². The number of anilines is 1. The number of hydrogen-bond acceptors (Lipinski definition) is 3. The molecular weight excluding hydrogens is 370 g/mol. The third kappa shape index (κ3) is 4.38. The Labute approximate surface area is 150 Å². The Morgan fingerprint density at radius 2 is 1.83 bits per heavy atom. The topological polar surface area (TPSA) is 47.6 Å². The second-order valence-corrected chi connectivity index (χ2v) is 6.21. The number of carbonyl (C=O) groups is 1. The summed E-state index contributed by atoms with van der Waals surface area (Å²) >= 11 is 3.44. The zero-order valence-electron chi connectivity index (χ0n) is 14.1. The van der Waals surface area contributed by atoms with E-state index in [4.69, 9.17) is 9.47 Å². The fourth-order valence-corrected chi connectivity index (χ4v) is 2.83. The highest BCUT2D eigenvalue weighted by atomic mass is 79.9. The summed E-state index contributed by atoms with van der Waals surface area (Å²) < 4.78 is 11.3. The van der Waals surface area contributed by atoms with E-state index in [0.29, 0.717) is 11.5 Å². The fraction of sp³-hybridized carbons (Fsp3) is 0.211. The minimum Gasteiger partial charge on any atom is -0.493 e. The van der Waals surface area contributed by atoms with Crippen molar-refractivity contribution < 1.29 is 14.3 Å². The van der Waals surface area contributed by atoms with Crippen LogP contribution in [0.25, 0.3) is 6.08 Å². The van der Waals surface area contributed by atoms with E-state index in [9.17, 15) is 4.79 Å². The number of benzene rings is 2. The minimum absolute atomic E-state index is 0.191. The van der Waals surface area contributed by atoms with E-state index in [-0.39, 0.29) is 5.91 Å². The molecule has 0 radical (unpaired) electrons. The molecule has 4 nitrogen and oxygen atoms in total. The molecule has 0 unspecified atom stereocenters. The van der Waals surface area contributed by atoms with Crippen molar-refractivity contribution in [3.63, 3.8) is 0 Å². The first kappa shape index (κ1) is 18.1. The van der Waals surface area contributed by atoms with Crippen molar-refractivity contribution in [2.24, 2.45) is 0 Å². The summed E-state index contributed by atoms with van der Waals surface area (Å²) in [6, 6.07) is 9.50. The number of ether oxygens (including phenoxy) is 2. The van der Waals surface area contributed by atoms with Gasteiger partial charge in [-0.15, -0.1) is 0 Å². The Morgan fingerprint density at radius 1 is 1.08 bits per heavy atom. The summed E-state index contributed by atoms with van der Waals surface area (Å²) in [6.45, 7) is 4.05. The van der Waals surface area contributed by atoms with E-state index in [1.807, 2.05) is 44.2 Å². The minimum atomic E-state index is -0.191. The third-order valence-electron chi connectivity index (χ3n) is 3.66. The van der Waals surface area contributed by atoms with Crippen LogP contribution >= 0.6 is 15.9 Å². The number of nitrogens with one attached hydrogen (secondary N) is 1. The molecule has 126 valence electrons. The molecule has 0 aliphatic carbocycles. The predicted molar refractivity (Wildman–Crippen MR) is 101 cm³/mol. The quantitative estimate of drug-likeness (QED) is 0.751. The molecule has 0 aromatic heterocycles. The molecular formula is C19H20BrNO3. The molecule has 0 atom stereocenters. The van der Waals surface area contributed by atoms with Gasteiger partial charge in [0.1, 0.15) is 0 Å². The lowest BCUT2D eigenvalue weighted by molar-refractivity contribution is -0.111. The molecule has 2 aromatic rings. The first-order chi connectivity index (χ1) is 11.4. The molecule has 24 heavy (non-hydrogen) atoms. The zero-order valence-corrected chi connectivity index (χ0v) is 15.7. The lowest BCUT2D eigenvalue weighted by atomic mass is 10.1. The van der Waals surface area contributed by atoms with Gasteiger partial charge < -0.3 is 14.8 Å². The number of amides is 1. The summed E-state index contributed by atoms with van der Waals surface area (Å²) in [5, 5.41) is 2.85.